The van der Waals surface area contributed by atoms with Gasteiger partial charge in [-0.05, 0) is 47.0 Å². The third kappa shape index (κ3) is 4.41. The van der Waals surface area contributed by atoms with Gasteiger partial charge in [0.25, 0.3) is 0 Å². The number of carbonyl (C=O) groups is 1. The summed E-state index contributed by atoms with van der Waals surface area (Å²) in [4.78, 5) is 14.5. The Morgan fingerprint density at radius 2 is 1.81 bits per heavy atom. The minimum Gasteiger partial charge on any atom is -0.493 e. The van der Waals surface area contributed by atoms with E-state index in [0.29, 0.717) is 23.2 Å². The normalized spacial score (nSPS) is 17.8. The third-order valence-electron chi connectivity index (χ3n) is 5.09. The van der Waals surface area contributed by atoms with Crippen LogP contribution in [-0.4, -0.2) is 41.7 Å². The molecule has 1 atom stereocenters. The lowest BCUT2D eigenvalue weighted by Gasteiger charge is -2.17. The molecule has 1 aliphatic rings. The zero-order valence-electron chi connectivity index (χ0n) is 17.6. The van der Waals surface area contributed by atoms with Gasteiger partial charge in [0.1, 0.15) is 0 Å². The Balaban J connectivity index is 1.59. The molecule has 1 amide bonds. The van der Waals surface area contributed by atoms with E-state index in [2.05, 4.69) is 28.4 Å². The highest BCUT2D eigenvalue weighted by Crippen LogP contribution is 2.30. The van der Waals surface area contributed by atoms with Crippen molar-refractivity contribution < 1.29 is 14.3 Å². The van der Waals surface area contributed by atoms with E-state index in [0.717, 1.165) is 21.9 Å². The van der Waals surface area contributed by atoms with Gasteiger partial charge in [-0.15, -0.1) is 5.10 Å². The lowest BCUT2D eigenvalue weighted by Crippen LogP contribution is -2.30. The first-order chi connectivity index (χ1) is 15.1. The quantitative estimate of drug-likeness (QED) is 0.417. The van der Waals surface area contributed by atoms with Gasteiger partial charge in [0, 0.05) is 0 Å². The molecule has 3 aromatic rings. The first-order valence-corrected chi connectivity index (χ1v) is 10.8. The fourth-order valence-electron chi connectivity index (χ4n) is 3.49. The van der Waals surface area contributed by atoms with Crippen molar-refractivity contribution >= 4 is 39.8 Å². The van der Waals surface area contributed by atoms with Gasteiger partial charge in [0.05, 0.1) is 32.2 Å². The lowest BCUT2D eigenvalue weighted by molar-refractivity contribution is -0.126. The Labute approximate surface area is 185 Å². The lowest BCUT2D eigenvalue weighted by atomic mass is 10.0. The van der Waals surface area contributed by atoms with E-state index in [1.165, 1.54) is 11.8 Å². The number of rotatable bonds is 6. The van der Waals surface area contributed by atoms with E-state index < -0.39 is 0 Å². The predicted molar refractivity (Wildman–Crippen MR) is 126 cm³/mol. The van der Waals surface area contributed by atoms with Crippen LogP contribution in [0.25, 0.3) is 10.8 Å². The van der Waals surface area contributed by atoms with Crippen molar-refractivity contribution in [3.63, 3.8) is 0 Å². The first-order valence-electron chi connectivity index (χ1n) is 9.88. The number of carbonyl (C=O) groups excluding carboxylic acids is 1. The van der Waals surface area contributed by atoms with E-state index >= 15 is 0 Å². The van der Waals surface area contributed by atoms with Crippen LogP contribution in [0.3, 0.4) is 0 Å². The first kappa shape index (κ1) is 20.9. The minimum absolute atomic E-state index is 0.0398. The molecule has 0 aromatic heterocycles. The second kappa shape index (κ2) is 9.22. The number of hydrogen-bond donors (Lipinski definition) is 0. The van der Waals surface area contributed by atoms with Gasteiger partial charge in [-0.2, -0.15) is 5.10 Å². The van der Waals surface area contributed by atoms with Gasteiger partial charge < -0.3 is 9.47 Å². The van der Waals surface area contributed by atoms with Crippen LogP contribution in [0, 0.1) is 0 Å². The van der Waals surface area contributed by atoms with Gasteiger partial charge in [-0.1, -0.05) is 54.2 Å². The van der Waals surface area contributed by atoms with E-state index in [1.54, 1.807) is 25.3 Å². The van der Waals surface area contributed by atoms with Crippen LogP contribution in [0.4, 0.5) is 0 Å². The van der Waals surface area contributed by atoms with Crippen molar-refractivity contribution in [2.75, 3.05) is 14.2 Å². The number of hydrogen-bond acceptors (Lipinski definition) is 6. The predicted octanol–water partition coefficient (Wildman–Crippen LogP) is 4.71. The second-order valence-corrected chi connectivity index (χ2v) is 8.37. The summed E-state index contributed by atoms with van der Waals surface area (Å²) in [5.41, 5.74) is 1.91. The molecule has 0 aliphatic carbocycles. The van der Waals surface area contributed by atoms with Crippen LogP contribution in [0.5, 0.6) is 11.5 Å². The average Bonchev–Trinajstić information content (AvgIpc) is 3.06. The monoisotopic (exact) mass is 433 g/mol. The van der Waals surface area contributed by atoms with Crippen molar-refractivity contribution in [2.24, 2.45) is 10.2 Å². The average molecular weight is 434 g/mol. The molecule has 31 heavy (non-hydrogen) atoms. The maximum Gasteiger partial charge on any atom is 0.242 e. The van der Waals surface area contributed by atoms with Crippen LogP contribution in [-0.2, 0) is 11.3 Å². The molecular weight excluding hydrogens is 410 g/mol. The third-order valence-corrected chi connectivity index (χ3v) is 6.16. The number of benzene rings is 3. The summed E-state index contributed by atoms with van der Waals surface area (Å²) >= 11 is 1.42. The Kier molecular flexibility index (Phi) is 6.23. The summed E-state index contributed by atoms with van der Waals surface area (Å²) in [6.07, 6.45) is 1.64. The Morgan fingerprint density at radius 3 is 2.61 bits per heavy atom. The summed E-state index contributed by atoms with van der Waals surface area (Å²) in [6, 6.07) is 19.8. The van der Waals surface area contributed by atoms with Crippen LogP contribution in [0.15, 0.2) is 70.9 Å². The fraction of sp³-hybridized carbons (Fsp3) is 0.208. The van der Waals surface area contributed by atoms with Crippen LogP contribution < -0.4 is 9.47 Å². The second-order valence-electron chi connectivity index (χ2n) is 7.06. The van der Waals surface area contributed by atoms with E-state index in [1.807, 2.05) is 49.4 Å². The van der Waals surface area contributed by atoms with E-state index in [9.17, 15) is 4.79 Å². The molecule has 0 N–H and O–H groups in total. The molecule has 4 rings (SSSR count). The highest BCUT2D eigenvalue weighted by Gasteiger charge is 2.35. The molecule has 0 unspecified atom stereocenters. The van der Waals surface area contributed by atoms with Gasteiger partial charge in [0.15, 0.2) is 16.7 Å². The molecule has 158 valence electrons. The number of ether oxygens (including phenoxy) is 2. The molecule has 0 bridgehead atoms. The molecule has 0 radical (unpaired) electrons. The van der Waals surface area contributed by atoms with Crippen molar-refractivity contribution in [2.45, 2.75) is 18.7 Å². The smallest absolute Gasteiger partial charge is 0.242 e. The number of fused-ring (bicyclic) bond motifs is 1. The molecule has 7 heteroatoms. The maximum atomic E-state index is 12.8. The molecule has 1 aliphatic heterocycles. The minimum atomic E-state index is -0.190. The fourth-order valence-corrected chi connectivity index (χ4v) is 4.41. The largest absolute Gasteiger partial charge is 0.493 e. The number of nitrogens with zero attached hydrogens (tertiary/aromatic N) is 3. The van der Waals surface area contributed by atoms with Crippen molar-refractivity contribution in [1.29, 1.82) is 0 Å². The van der Waals surface area contributed by atoms with Gasteiger partial charge in [-0.3, -0.25) is 9.69 Å². The standard InChI is InChI=1S/C24H23N3O3S/c1-16-23(28)27(15-19-9-6-8-18-7-4-5-10-20(18)19)24(31-16)26-25-14-17-11-12-21(29-2)22(13-17)30-3/h4-14,16H,15H2,1-3H3/b25-14-,26-24+/t16-/m1/s1. The van der Waals surface area contributed by atoms with Crippen molar-refractivity contribution in [1.82, 2.24) is 4.90 Å². The maximum absolute atomic E-state index is 12.8. The summed E-state index contributed by atoms with van der Waals surface area (Å²) in [7, 11) is 3.18. The van der Waals surface area contributed by atoms with Crippen molar-refractivity contribution in [3.05, 3.63) is 71.8 Å². The van der Waals surface area contributed by atoms with Crippen LogP contribution in [0.1, 0.15) is 18.1 Å². The van der Waals surface area contributed by atoms with E-state index in [4.69, 9.17) is 9.47 Å². The summed E-state index contributed by atoms with van der Waals surface area (Å²) in [6.45, 7) is 2.35. The SMILES string of the molecule is COc1ccc(/C=N\N=C2\S[C@H](C)C(=O)N2Cc2cccc3ccccc23)cc1OC. The molecule has 0 spiro atoms. The molecule has 1 fully saturated rings. The number of amides is 1. The van der Waals surface area contributed by atoms with Crippen molar-refractivity contribution in [3.8, 4) is 11.5 Å². The Hall–Kier alpha value is -3.32. The summed E-state index contributed by atoms with van der Waals surface area (Å²) in [5.74, 6) is 1.31. The topological polar surface area (TPSA) is 63.5 Å². The molecule has 3 aromatic carbocycles. The number of amidine groups is 1. The van der Waals surface area contributed by atoms with Gasteiger partial charge in [-0.25, -0.2) is 0 Å². The molecular formula is C24H23N3O3S. The molecule has 6 nitrogen and oxygen atoms in total. The number of methoxy groups -OCH3 is 2. The van der Waals surface area contributed by atoms with Gasteiger partial charge in [0.2, 0.25) is 5.91 Å². The summed E-state index contributed by atoms with van der Waals surface area (Å²) in [5, 5.41) is 11.3. The molecule has 1 heterocycles. The zero-order chi connectivity index (χ0) is 21.8. The number of thioether (sulfide) groups is 1. The Bertz CT molecular complexity index is 1170. The van der Waals surface area contributed by atoms with Gasteiger partial charge >= 0.3 is 0 Å². The molecule has 0 saturated carbocycles. The molecule has 1 saturated heterocycles. The Morgan fingerprint density at radius 1 is 1.03 bits per heavy atom. The van der Waals surface area contributed by atoms with E-state index in [-0.39, 0.29) is 11.2 Å². The van der Waals surface area contributed by atoms with Crippen LogP contribution in [0.2, 0.25) is 0 Å². The zero-order valence-corrected chi connectivity index (χ0v) is 18.4. The summed E-state index contributed by atoms with van der Waals surface area (Å²) < 4.78 is 10.6. The highest BCUT2D eigenvalue weighted by atomic mass is 32.2. The van der Waals surface area contributed by atoms with Crippen LogP contribution >= 0.6 is 11.8 Å². The highest BCUT2D eigenvalue weighted by molar-refractivity contribution is 8.15.